The average molecular weight is 237 g/mol. The number of aryl methyl sites for hydroxylation is 1. The maximum atomic E-state index is 5.84. The first kappa shape index (κ1) is 11.1. The lowest BCUT2D eigenvalue weighted by Crippen LogP contribution is -2.28. The molecule has 1 aromatic heterocycles. The van der Waals surface area contributed by atoms with E-state index in [9.17, 15) is 0 Å². The van der Waals surface area contributed by atoms with Crippen LogP contribution in [0.15, 0.2) is 36.7 Å². The topological polar surface area (TPSA) is 55.9 Å². The summed E-state index contributed by atoms with van der Waals surface area (Å²) in [5, 5.41) is 4.84. The molecule has 0 fully saturated rings. The molecule has 0 aliphatic carbocycles. The third kappa shape index (κ3) is 2.24. The molecule has 1 unspecified atom stereocenters. The van der Waals surface area contributed by atoms with Gasteiger partial charge in [0.25, 0.3) is 0 Å². The minimum atomic E-state index is -0.0639. The monoisotopic (exact) mass is 236 g/mol. The zero-order chi connectivity index (χ0) is 11.5. The second kappa shape index (κ2) is 4.65. The standard InChI is InChI=1S/C11H13ClN4/c1-16-7-9(6-14-16)11(15-13)8-2-4-10(12)5-3-8/h2-7,11,15H,13H2,1H3. The zero-order valence-corrected chi connectivity index (χ0v) is 9.65. The SMILES string of the molecule is Cn1cc(C(NN)c2ccc(Cl)cc2)cn1. The maximum Gasteiger partial charge on any atom is 0.0740 e. The van der Waals surface area contributed by atoms with Crippen molar-refractivity contribution in [2.45, 2.75) is 6.04 Å². The van der Waals surface area contributed by atoms with Crippen molar-refractivity contribution in [2.75, 3.05) is 0 Å². The molecule has 0 bridgehead atoms. The van der Waals surface area contributed by atoms with Crippen LogP contribution in [0.3, 0.4) is 0 Å². The molecule has 0 radical (unpaired) electrons. The predicted molar refractivity (Wildman–Crippen MR) is 63.8 cm³/mol. The fourth-order valence-electron chi connectivity index (χ4n) is 1.63. The summed E-state index contributed by atoms with van der Waals surface area (Å²) < 4.78 is 1.75. The van der Waals surface area contributed by atoms with Crippen LogP contribution in [-0.2, 0) is 7.05 Å². The van der Waals surface area contributed by atoms with Crippen molar-refractivity contribution in [1.29, 1.82) is 0 Å². The second-order valence-electron chi connectivity index (χ2n) is 3.60. The molecule has 1 heterocycles. The Balaban J connectivity index is 2.32. The van der Waals surface area contributed by atoms with Gasteiger partial charge >= 0.3 is 0 Å². The van der Waals surface area contributed by atoms with Gasteiger partial charge in [0, 0.05) is 23.8 Å². The molecule has 0 saturated heterocycles. The molecule has 84 valence electrons. The van der Waals surface area contributed by atoms with Gasteiger partial charge < -0.3 is 0 Å². The van der Waals surface area contributed by atoms with E-state index in [1.807, 2.05) is 37.5 Å². The van der Waals surface area contributed by atoms with Crippen molar-refractivity contribution in [3.63, 3.8) is 0 Å². The normalized spacial score (nSPS) is 12.7. The van der Waals surface area contributed by atoms with E-state index in [4.69, 9.17) is 17.4 Å². The Morgan fingerprint density at radius 3 is 2.50 bits per heavy atom. The van der Waals surface area contributed by atoms with Crippen LogP contribution in [0.4, 0.5) is 0 Å². The van der Waals surface area contributed by atoms with E-state index in [0.29, 0.717) is 5.02 Å². The molecule has 5 heteroatoms. The van der Waals surface area contributed by atoms with E-state index in [1.54, 1.807) is 10.9 Å². The number of benzene rings is 1. The Bertz CT molecular complexity index is 463. The van der Waals surface area contributed by atoms with Crippen LogP contribution in [0.1, 0.15) is 17.2 Å². The fourth-order valence-corrected chi connectivity index (χ4v) is 1.76. The number of nitrogens with two attached hydrogens (primary N) is 1. The highest BCUT2D eigenvalue weighted by Gasteiger charge is 2.13. The molecule has 1 aromatic carbocycles. The Morgan fingerprint density at radius 1 is 1.31 bits per heavy atom. The van der Waals surface area contributed by atoms with E-state index in [2.05, 4.69) is 10.5 Å². The van der Waals surface area contributed by atoms with Crippen LogP contribution < -0.4 is 11.3 Å². The van der Waals surface area contributed by atoms with E-state index in [1.165, 1.54) is 0 Å². The third-order valence-electron chi connectivity index (χ3n) is 2.43. The van der Waals surface area contributed by atoms with Crippen LogP contribution in [0.25, 0.3) is 0 Å². The van der Waals surface area contributed by atoms with Crippen molar-refractivity contribution in [1.82, 2.24) is 15.2 Å². The Labute approximate surface area is 99.0 Å². The largest absolute Gasteiger partial charge is 0.275 e. The van der Waals surface area contributed by atoms with Gasteiger partial charge in [0.2, 0.25) is 0 Å². The second-order valence-corrected chi connectivity index (χ2v) is 4.04. The van der Waals surface area contributed by atoms with Crippen LogP contribution in [0, 0.1) is 0 Å². The number of hydrogen-bond donors (Lipinski definition) is 2. The molecule has 0 aliphatic rings. The molecule has 0 amide bonds. The van der Waals surface area contributed by atoms with Crippen LogP contribution in [-0.4, -0.2) is 9.78 Å². The number of nitrogens with zero attached hydrogens (tertiary/aromatic N) is 2. The highest BCUT2D eigenvalue weighted by molar-refractivity contribution is 6.30. The van der Waals surface area contributed by atoms with Crippen LogP contribution in [0.5, 0.6) is 0 Å². The lowest BCUT2D eigenvalue weighted by atomic mass is 10.0. The van der Waals surface area contributed by atoms with Gasteiger partial charge in [-0.3, -0.25) is 10.5 Å². The molecule has 4 nitrogen and oxygen atoms in total. The summed E-state index contributed by atoms with van der Waals surface area (Å²) >= 11 is 5.84. The van der Waals surface area contributed by atoms with Crippen molar-refractivity contribution >= 4 is 11.6 Å². The first-order valence-corrected chi connectivity index (χ1v) is 5.28. The lowest BCUT2D eigenvalue weighted by Gasteiger charge is -2.14. The van der Waals surface area contributed by atoms with E-state index in [0.717, 1.165) is 11.1 Å². The quantitative estimate of drug-likeness (QED) is 0.629. The predicted octanol–water partition coefficient (Wildman–Crippen LogP) is 1.63. The molecule has 2 aromatic rings. The van der Waals surface area contributed by atoms with Gasteiger partial charge in [-0.25, -0.2) is 5.43 Å². The maximum absolute atomic E-state index is 5.84. The minimum absolute atomic E-state index is 0.0639. The minimum Gasteiger partial charge on any atom is -0.275 e. The molecule has 3 N–H and O–H groups in total. The smallest absolute Gasteiger partial charge is 0.0740 e. The summed E-state index contributed by atoms with van der Waals surface area (Å²) in [6.07, 6.45) is 3.72. The Morgan fingerprint density at radius 2 is 2.00 bits per heavy atom. The number of hydrazine groups is 1. The number of hydrogen-bond acceptors (Lipinski definition) is 3. The van der Waals surface area contributed by atoms with Gasteiger partial charge in [-0.15, -0.1) is 0 Å². The van der Waals surface area contributed by atoms with Gasteiger partial charge in [0.1, 0.15) is 0 Å². The summed E-state index contributed by atoms with van der Waals surface area (Å²) in [5.74, 6) is 5.56. The van der Waals surface area contributed by atoms with Gasteiger partial charge in [-0.05, 0) is 17.7 Å². The van der Waals surface area contributed by atoms with E-state index in [-0.39, 0.29) is 6.04 Å². The molecular formula is C11H13ClN4. The molecule has 0 saturated carbocycles. The molecule has 0 aliphatic heterocycles. The van der Waals surface area contributed by atoms with Crippen molar-refractivity contribution in [3.8, 4) is 0 Å². The van der Waals surface area contributed by atoms with E-state index >= 15 is 0 Å². The van der Waals surface area contributed by atoms with Gasteiger partial charge in [0.05, 0.1) is 12.2 Å². The molecule has 2 rings (SSSR count). The summed E-state index contributed by atoms with van der Waals surface area (Å²) in [7, 11) is 1.87. The highest BCUT2D eigenvalue weighted by Crippen LogP contribution is 2.22. The Hall–Kier alpha value is -1.36. The van der Waals surface area contributed by atoms with Crippen LogP contribution >= 0.6 is 11.6 Å². The average Bonchev–Trinajstić information content (AvgIpc) is 2.69. The Kier molecular flexibility index (Phi) is 3.24. The third-order valence-corrected chi connectivity index (χ3v) is 2.68. The number of aromatic nitrogens is 2. The molecular weight excluding hydrogens is 224 g/mol. The lowest BCUT2D eigenvalue weighted by molar-refractivity contribution is 0.636. The highest BCUT2D eigenvalue weighted by atomic mass is 35.5. The number of halogens is 1. The number of nitrogens with one attached hydrogen (secondary N) is 1. The van der Waals surface area contributed by atoms with Gasteiger partial charge in [0.15, 0.2) is 0 Å². The van der Waals surface area contributed by atoms with Gasteiger partial charge in [-0.1, -0.05) is 23.7 Å². The van der Waals surface area contributed by atoms with Crippen molar-refractivity contribution in [3.05, 3.63) is 52.8 Å². The fraction of sp³-hybridized carbons (Fsp3) is 0.182. The van der Waals surface area contributed by atoms with Gasteiger partial charge in [-0.2, -0.15) is 5.10 Å². The first-order valence-electron chi connectivity index (χ1n) is 4.91. The summed E-state index contributed by atoms with van der Waals surface area (Å²) in [4.78, 5) is 0. The van der Waals surface area contributed by atoms with Crippen molar-refractivity contribution < 1.29 is 0 Å². The van der Waals surface area contributed by atoms with Crippen LogP contribution in [0.2, 0.25) is 5.02 Å². The number of rotatable bonds is 3. The summed E-state index contributed by atoms with van der Waals surface area (Å²) in [6.45, 7) is 0. The van der Waals surface area contributed by atoms with Crippen molar-refractivity contribution in [2.24, 2.45) is 12.9 Å². The molecule has 16 heavy (non-hydrogen) atoms. The summed E-state index contributed by atoms with van der Waals surface area (Å²) in [6, 6.07) is 7.51. The molecule has 0 spiro atoms. The summed E-state index contributed by atoms with van der Waals surface area (Å²) in [5.41, 5.74) is 4.85. The molecule has 1 atom stereocenters. The zero-order valence-electron chi connectivity index (χ0n) is 8.89. The van der Waals surface area contributed by atoms with E-state index < -0.39 is 0 Å². The first-order chi connectivity index (χ1) is 7.70.